The molecule has 0 spiro atoms. The summed E-state index contributed by atoms with van der Waals surface area (Å²) in [5.74, 6) is 0.616. The first kappa shape index (κ1) is 20.5. The van der Waals surface area contributed by atoms with Crippen molar-refractivity contribution in [2.45, 2.75) is 52.4 Å². The number of aromatic nitrogens is 2. The quantitative estimate of drug-likeness (QED) is 0.691. The topological polar surface area (TPSA) is 63.5 Å². The van der Waals surface area contributed by atoms with Gasteiger partial charge in [0.15, 0.2) is 6.54 Å². The van der Waals surface area contributed by atoms with Crippen LogP contribution in [0.15, 0.2) is 30.3 Å². The molecule has 0 unspecified atom stereocenters. The van der Waals surface area contributed by atoms with Gasteiger partial charge in [-0.15, -0.1) is 0 Å². The molecule has 0 radical (unpaired) electrons. The van der Waals surface area contributed by atoms with Gasteiger partial charge in [0, 0.05) is 11.5 Å². The minimum absolute atomic E-state index is 0.0323. The molecule has 0 bridgehead atoms. The predicted octanol–water partition coefficient (Wildman–Crippen LogP) is 3.52. The zero-order chi connectivity index (χ0) is 19.2. The highest BCUT2D eigenvalue weighted by Crippen LogP contribution is 2.28. The second kappa shape index (κ2) is 9.19. The van der Waals surface area contributed by atoms with E-state index in [1.54, 1.807) is 4.68 Å². The van der Waals surface area contributed by atoms with E-state index >= 15 is 0 Å². The van der Waals surface area contributed by atoms with E-state index in [4.69, 9.17) is 16.7 Å². The van der Waals surface area contributed by atoms with Crippen molar-refractivity contribution in [3.63, 3.8) is 0 Å². The molecular formula is C20H30ClN4O+. The maximum absolute atomic E-state index is 12.4. The van der Waals surface area contributed by atoms with Gasteiger partial charge in [0.2, 0.25) is 0 Å². The molecule has 0 aliphatic rings. The molecule has 1 aromatic heterocycles. The molecule has 1 amide bonds. The van der Waals surface area contributed by atoms with Crippen LogP contribution in [0.3, 0.4) is 0 Å². The van der Waals surface area contributed by atoms with Crippen molar-refractivity contribution < 1.29 is 10.1 Å². The van der Waals surface area contributed by atoms with Gasteiger partial charge in [-0.2, -0.15) is 5.10 Å². The second-order valence-corrected chi connectivity index (χ2v) is 7.97. The Hall–Kier alpha value is -1.85. The third-order valence-electron chi connectivity index (χ3n) is 4.17. The molecule has 3 N–H and O–H groups in total. The molecule has 5 nitrogen and oxygen atoms in total. The molecule has 0 atom stereocenters. The number of rotatable bonds is 8. The van der Waals surface area contributed by atoms with Crippen LogP contribution in [0.2, 0.25) is 5.02 Å². The Labute approximate surface area is 161 Å². The van der Waals surface area contributed by atoms with E-state index in [0.29, 0.717) is 17.4 Å². The largest absolute Gasteiger partial charge is 0.338 e. The number of halogens is 1. The number of amides is 1. The van der Waals surface area contributed by atoms with Crippen LogP contribution >= 0.6 is 11.6 Å². The predicted molar refractivity (Wildman–Crippen MR) is 107 cm³/mol. The van der Waals surface area contributed by atoms with E-state index in [2.05, 4.69) is 33.0 Å². The standard InChI is InChI=1S/C20H29ClN4O/c1-5-6-9-12-22-14-19(26)23-18-13-17(20(2,3)4)24-25(18)16-11-8-7-10-15(16)21/h7-8,10-11,13,22H,5-6,9,12,14H2,1-4H3,(H,23,26)/p+1. The molecule has 1 heterocycles. The zero-order valence-corrected chi connectivity index (χ0v) is 16.9. The van der Waals surface area contributed by atoms with Crippen molar-refractivity contribution in [3.8, 4) is 5.69 Å². The fraction of sp³-hybridized carbons (Fsp3) is 0.500. The van der Waals surface area contributed by atoms with Crippen LogP contribution < -0.4 is 10.6 Å². The average molecular weight is 378 g/mol. The van der Waals surface area contributed by atoms with Crippen LogP contribution in [-0.2, 0) is 10.2 Å². The minimum Gasteiger partial charge on any atom is -0.338 e. The Morgan fingerprint density at radius 2 is 2.00 bits per heavy atom. The van der Waals surface area contributed by atoms with Crippen LogP contribution in [0.5, 0.6) is 0 Å². The van der Waals surface area contributed by atoms with E-state index in [-0.39, 0.29) is 11.3 Å². The molecule has 0 fully saturated rings. The highest BCUT2D eigenvalue weighted by molar-refractivity contribution is 6.32. The number of hydrogen-bond donors (Lipinski definition) is 2. The molecule has 26 heavy (non-hydrogen) atoms. The minimum atomic E-state index is -0.127. The van der Waals surface area contributed by atoms with E-state index in [9.17, 15) is 4.79 Å². The lowest BCUT2D eigenvalue weighted by molar-refractivity contribution is -0.643. The second-order valence-electron chi connectivity index (χ2n) is 7.56. The first-order valence-electron chi connectivity index (χ1n) is 9.30. The van der Waals surface area contributed by atoms with Crippen molar-refractivity contribution in [1.29, 1.82) is 0 Å². The summed E-state index contributed by atoms with van der Waals surface area (Å²) in [6.07, 6.45) is 3.52. The summed E-state index contributed by atoms with van der Waals surface area (Å²) in [4.78, 5) is 12.4. The molecular weight excluding hydrogens is 348 g/mol. The maximum atomic E-state index is 12.4. The lowest BCUT2D eigenvalue weighted by atomic mass is 9.92. The number of nitrogens with two attached hydrogens (primary N) is 1. The van der Waals surface area contributed by atoms with Gasteiger partial charge < -0.3 is 10.6 Å². The first-order valence-corrected chi connectivity index (χ1v) is 9.67. The molecule has 0 saturated carbocycles. The summed E-state index contributed by atoms with van der Waals surface area (Å²) in [6, 6.07) is 9.44. The summed E-state index contributed by atoms with van der Waals surface area (Å²) < 4.78 is 1.72. The fourth-order valence-electron chi connectivity index (χ4n) is 2.61. The van der Waals surface area contributed by atoms with E-state index in [1.165, 1.54) is 12.8 Å². The molecule has 2 rings (SSSR count). The lowest BCUT2D eigenvalue weighted by Crippen LogP contribution is -2.86. The maximum Gasteiger partial charge on any atom is 0.280 e. The molecule has 6 heteroatoms. The molecule has 0 aliphatic heterocycles. The number of carbonyl (C=O) groups is 1. The van der Waals surface area contributed by atoms with Crippen LogP contribution in [0.1, 0.15) is 52.7 Å². The number of carbonyl (C=O) groups excluding carboxylic acids is 1. The summed E-state index contributed by atoms with van der Waals surface area (Å²) in [7, 11) is 0. The van der Waals surface area contributed by atoms with Crippen molar-refractivity contribution in [1.82, 2.24) is 9.78 Å². The number of quaternary nitrogens is 1. The molecule has 0 aliphatic carbocycles. The zero-order valence-electron chi connectivity index (χ0n) is 16.2. The molecule has 142 valence electrons. The van der Waals surface area contributed by atoms with Gasteiger partial charge in [-0.05, 0) is 25.0 Å². The van der Waals surface area contributed by atoms with Crippen LogP contribution in [0, 0.1) is 0 Å². The van der Waals surface area contributed by atoms with Gasteiger partial charge in [-0.1, -0.05) is 57.8 Å². The number of anilines is 1. The van der Waals surface area contributed by atoms with Crippen molar-refractivity contribution in [2.75, 3.05) is 18.4 Å². The Balaban J connectivity index is 2.17. The summed E-state index contributed by atoms with van der Waals surface area (Å²) in [5.41, 5.74) is 1.53. The molecule has 2 aromatic rings. The van der Waals surface area contributed by atoms with Gasteiger partial charge >= 0.3 is 0 Å². The smallest absolute Gasteiger partial charge is 0.280 e. The van der Waals surface area contributed by atoms with Crippen molar-refractivity contribution >= 4 is 23.3 Å². The monoisotopic (exact) mass is 377 g/mol. The lowest BCUT2D eigenvalue weighted by Gasteiger charge is -2.14. The highest BCUT2D eigenvalue weighted by Gasteiger charge is 2.22. The summed E-state index contributed by atoms with van der Waals surface area (Å²) in [6.45, 7) is 9.84. The number of hydrogen-bond acceptors (Lipinski definition) is 2. The van der Waals surface area contributed by atoms with Crippen molar-refractivity contribution in [3.05, 3.63) is 41.0 Å². The Kier molecular flexibility index (Phi) is 7.23. The Morgan fingerprint density at radius 1 is 1.27 bits per heavy atom. The van der Waals surface area contributed by atoms with E-state index in [1.807, 2.05) is 35.6 Å². The normalized spacial score (nSPS) is 11.6. The molecule has 1 aromatic carbocycles. The Bertz CT molecular complexity index is 734. The number of nitrogens with one attached hydrogen (secondary N) is 1. The van der Waals surface area contributed by atoms with Crippen LogP contribution in [-0.4, -0.2) is 28.8 Å². The third kappa shape index (κ3) is 5.58. The number of benzene rings is 1. The van der Waals surface area contributed by atoms with Crippen molar-refractivity contribution in [2.24, 2.45) is 0 Å². The number of para-hydroxylation sites is 1. The van der Waals surface area contributed by atoms with Gasteiger partial charge in [0.25, 0.3) is 5.91 Å². The van der Waals surface area contributed by atoms with Gasteiger partial charge in [0.05, 0.1) is 22.9 Å². The Morgan fingerprint density at radius 3 is 2.65 bits per heavy atom. The first-order chi connectivity index (χ1) is 12.3. The summed E-state index contributed by atoms with van der Waals surface area (Å²) >= 11 is 6.34. The molecule has 0 saturated heterocycles. The fourth-order valence-corrected chi connectivity index (χ4v) is 2.83. The highest BCUT2D eigenvalue weighted by atomic mass is 35.5. The van der Waals surface area contributed by atoms with Gasteiger partial charge in [-0.3, -0.25) is 4.79 Å². The SMILES string of the molecule is CCCCC[NH2+]CC(=O)Nc1cc(C(C)(C)C)nn1-c1ccccc1Cl. The van der Waals surface area contributed by atoms with Crippen LogP contribution in [0.4, 0.5) is 5.82 Å². The number of unbranched alkanes of at least 4 members (excludes halogenated alkanes) is 2. The van der Waals surface area contributed by atoms with Gasteiger partial charge in [0.1, 0.15) is 5.82 Å². The number of nitrogens with zero attached hydrogens (tertiary/aromatic N) is 2. The van der Waals surface area contributed by atoms with Crippen LogP contribution in [0.25, 0.3) is 5.69 Å². The third-order valence-corrected chi connectivity index (χ3v) is 4.49. The van der Waals surface area contributed by atoms with Gasteiger partial charge in [-0.25, -0.2) is 4.68 Å². The van der Waals surface area contributed by atoms with E-state index in [0.717, 1.165) is 24.3 Å². The average Bonchev–Trinajstić information content (AvgIpc) is 2.99. The summed E-state index contributed by atoms with van der Waals surface area (Å²) in [5, 5.41) is 10.3. The van der Waals surface area contributed by atoms with E-state index < -0.39 is 0 Å².